The highest BCUT2D eigenvalue weighted by molar-refractivity contribution is 5.81. The van der Waals surface area contributed by atoms with Gasteiger partial charge >= 0.3 is 0 Å². The summed E-state index contributed by atoms with van der Waals surface area (Å²) in [6, 6.07) is 1.78. The van der Waals surface area contributed by atoms with Crippen LogP contribution in [-0.4, -0.2) is 30.9 Å². The standard InChI is InChI=1S/C13H22N2O2/c1-10(2)7-12(13(16)15(3)4)14-8-11-5-6-17-9-11/h5-6,9-10,12,14H,7-8H2,1-4H3. The number of carbonyl (C=O) groups excluding carboxylic acids is 1. The number of hydrogen-bond donors (Lipinski definition) is 1. The normalized spacial score (nSPS) is 12.8. The van der Waals surface area contributed by atoms with E-state index in [0.717, 1.165) is 12.0 Å². The molecule has 17 heavy (non-hydrogen) atoms. The van der Waals surface area contributed by atoms with Crippen LogP contribution in [0.3, 0.4) is 0 Å². The monoisotopic (exact) mass is 238 g/mol. The van der Waals surface area contributed by atoms with Crippen LogP contribution in [0.15, 0.2) is 23.0 Å². The quantitative estimate of drug-likeness (QED) is 0.823. The van der Waals surface area contributed by atoms with Crippen LogP contribution in [0.1, 0.15) is 25.8 Å². The lowest BCUT2D eigenvalue weighted by atomic mass is 10.0. The van der Waals surface area contributed by atoms with Gasteiger partial charge in [0.25, 0.3) is 0 Å². The van der Waals surface area contributed by atoms with E-state index in [4.69, 9.17) is 4.42 Å². The SMILES string of the molecule is CC(C)CC(NCc1ccoc1)C(=O)N(C)C. The van der Waals surface area contributed by atoms with Crippen LogP contribution in [0.5, 0.6) is 0 Å². The fourth-order valence-corrected chi connectivity index (χ4v) is 1.69. The summed E-state index contributed by atoms with van der Waals surface area (Å²) in [6.45, 7) is 4.90. The third kappa shape index (κ3) is 4.61. The summed E-state index contributed by atoms with van der Waals surface area (Å²) in [5.41, 5.74) is 1.06. The summed E-state index contributed by atoms with van der Waals surface area (Å²) < 4.78 is 5.00. The number of furan rings is 1. The maximum atomic E-state index is 12.0. The van der Waals surface area contributed by atoms with Gasteiger partial charge in [0.2, 0.25) is 5.91 Å². The lowest BCUT2D eigenvalue weighted by Gasteiger charge is -2.23. The number of rotatable bonds is 6. The third-order valence-corrected chi connectivity index (χ3v) is 2.58. The van der Waals surface area contributed by atoms with Crippen LogP contribution in [0, 0.1) is 5.92 Å². The summed E-state index contributed by atoms with van der Waals surface area (Å²) in [6.07, 6.45) is 4.18. The zero-order valence-electron chi connectivity index (χ0n) is 11.1. The van der Waals surface area contributed by atoms with E-state index in [9.17, 15) is 4.79 Å². The summed E-state index contributed by atoms with van der Waals surface area (Å²) in [5.74, 6) is 0.614. The fraction of sp³-hybridized carbons (Fsp3) is 0.615. The van der Waals surface area contributed by atoms with E-state index >= 15 is 0 Å². The van der Waals surface area contributed by atoms with Crippen LogP contribution in [0.25, 0.3) is 0 Å². The van der Waals surface area contributed by atoms with Crippen molar-refractivity contribution in [1.29, 1.82) is 0 Å². The van der Waals surface area contributed by atoms with E-state index in [0.29, 0.717) is 12.5 Å². The van der Waals surface area contributed by atoms with Crippen molar-refractivity contribution in [3.05, 3.63) is 24.2 Å². The van der Waals surface area contributed by atoms with E-state index in [1.54, 1.807) is 31.5 Å². The Kier molecular flexibility index (Phi) is 5.22. The molecule has 0 aromatic carbocycles. The largest absolute Gasteiger partial charge is 0.472 e. The molecule has 4 nitrogen and oxygen atoms in total. The highest BCUT2D eigenvalue weighted by Crippen LogP contribution is 2.08. The fourth-order valence-electron chi connectivity index (χ4n) is 1.69. The Bertz CT molecular complexity index is 331. The van der Waals surface area contributed by atoms with Crippen LogP contribution in [-0.2, 0) is 11.3 Å². The first-order chi connectivity index (χ1) is 8.00. The van der Waals surface area contributed by atoms with Gasteiger partial charge in [-0.1, -0.05) is 13.8 Å². The minimum Gasteiger partial charge on any atom is -0.472 e. The summed E-state index contributed by atoms with van der Waals surface area (Å²) in [4.78, 5) is 13.6. The molecular weight excluding hydrogens is 216 g/mol. The second-order valence-corrected chi connectivity index (χ2v) is 4.93. The van der Waals surface area contributed by atoms with Crippen molar-refractivity contribution < 1.29 is 9.21 Å². The van der Waals surface area contributed by atoms with Crippen molar-refractivity contribution in [2.75, 3.05) is 14.1 Å². The number of amides is 1. The van der Waals surface area contributed by atoms with E-state index in [1.807, 2.05) is 6.07 Å². The van der Waals surface area contributed by atoms with Crippen molar-refractivity contribution in [1.82, 2.24) is 10.2 Å². The van der Waals surface area contributed by atoms with Crippen molar-refractivity contribution in [3.8, 4) is 0 Å². The Labute approximate surface area is 103 Å². The Morgan fingerprint density at radius 2 is 2.18 bits per heavy atom. The van der Waals surface area contributed by atoms with Gasteiger partial charge in [0, 0.05) is 26.2 Å². The number of nitrogens with one attached hydrogen (secondary N) is 1. The molecule has 1 aromatic rings. The van der Waals surface area contributed by atoms with Crippen molar-refractivity contribution in [3.63, 3.8) is 0 Å². The molecule has 96 valence electrons. The molecule has 1 atom stereocenters. The first-order valence-electron chi connectivity index (χ1n) is 5.96. The summed E-state index contributed by atoms with van der Waals surface area (Å²) in [5, 5.41) is 3.28. The molecule has 0 aliphatic carbocycles. The summed E-state index contributed by atoms with van der Waals surface area (Å²) >= 11 is 0. The molecule has 1 N–H and O–H groups in total. The summed E-state index contributed by atoms with van der Waals surface area (Å²) in [7, 11) is 3.57. The lowest BCUT2D eigenvalue weighted by molar-refractivity contribution is -0.131. The molecule has 1 heterocycles. The molecule has 1 rings (SSSR count). The topological polar surface area (TPSA) is 45.5 Å². The maximum Gasteiger partial charge on any atom is 0.239 e. The highest BCUT2D eigenvalue weighted by Gasteiger charge is 2.20. The molecule has 0 saturated carbocycles. The Morgan fingerprint density at radius 3 is 2.65 bits per heavy atom. The maximum absolute atomic E-state index is 12.0. The Balaban J connectivity index is 2.54. The molecule has 1 amide bonds. The second kappa shape index (κ2) is 6.45. The van der Waals surface area contributed by atoms with Gasteiger partial charge < -0.3 is 14.6 Å². The van der Waals surface area contributed by atoms with Crippen molar-refractivity contribution in [2.45, 2.75) is 32.9 Å². The van der Waals surface area contributed by atoms with Crippen molar-refractivity contribution >= 4 is 5.91 Å². The van der Waals surface area contributed by atoms with Crippen LogP contribution >= 0.6 is 0 Å². The number of nitrogens with zero attached hydrogens (tertiary/aromatic N) is 1. The van der Waals surface area contributed by atoms with Gasteiger partial charge in [0.05, 0.1) is 18.6 Å². The van der Waals surface area contributed by atoms with Crippen LogP contribution in [0.2, 0.25) is 0 Å². The smallest absolute Gasteiger partial charge is 0.239 e. The Hall–Kier alpha value is -1.29. The minimum atomic E-state index is -0.125. The molecule has 1 unspecified atom stereocenters. The van der Waals surface area contributed by atoms with E-state index in [1.165, 1.54) is 0 Å². The average molecular weight is 238 g/mol. The van der Waals surface area contributed by atoms with Gasteiger partial charge in [0.15, 0.2) is 0 Å². The second-order valence-electron chi connectivity index (χ2n) is 4.93. The van der Waals surface area contributed by atoms with E-state index in [2.05, 4.69) is 19.2 Å². The first kappa shape index (κ1) is 13.8. The zero-order chi connectivity index (χ0) is 12.8. The number of hydrogen-bond acceptors (Lipinski definition) is 3. The predicted molar refractivity (Wildman–Crippen MR) is 67.5 cm³/mol. The molecule has 0 radical (unpaired) electrons. The lowest BCUT2D eigenvalue weighted by Crippen LogP contribution is -2.44. The molecule has 1 aromatic heterocycles. The van der Waals surface area contributed by atoms with E-state index in [-0.39, 0.29) is 11.9 Å². The number of likely N-dealkylation sites (N-methyl/N-ethyl adjacent to an activating group) is 1. The molecular formula is C13H22N2O2. The zero-order valence-corrected chi connectivity index (χ0v) is 11.1. The average Bonchev–Trinajstić information content (AvgIpc) is 2.75. The van der Waals surface area contributed by atoms with Gasteiger partial charge in [-0.3, -0.25) is 4.79 Å². The third-order valence-electron chi connectivity index (χ3n) is 2.58. The van der Waals surface area contributed by atoms with Gasteiger partial charge in [-0.15, -0.1) is 0 Å². The number of carbonyl (C=O) groups is 1. The van der Waals surface area contributed by atoms with E-state index < -0.39 is 0 Å². The molecule has 0 saturated heterocycles. The molecule has 0 spiro atoms. The highest BCUT2D eigenvalue weighted by atomic mass is 16.3. The first-order valence-corrected chi connectivity index (χ1v) is 5.96. The predicted octanol–water partition coefficient (Wildman–Crippen LogP) is 1.87. The van der Waals surface area contributed by atoms with Crippen LogP contribution in [0.4, 0.5) is 0 Å². The minimum absolute atomic E-state index is 0.125. The Morgan fingerprint density at radius 1 is 1.47 bits per heavy atom. The molecule has 4 heteroatoms. The molecule has 0 aliphatic heterocycles. The van der Waals surface area contributed by atoms with Gasteiger partial charge in [-0.05, 0) is 18.4 Å². The van der Waals surface area contributed by atoms with Gasteiger partial charge in [-0.25, -0.2) is 0 Å². The molecule has 0 aliphatic rings. The molecule has 0 bridgehead atoms. The van der Waals surface area contributed by atoms with Gasteiger partial charge in [-0.2, -0.15) is 0 Å². The molecule has 0 fully saturated rings. The van der Waals surface area contributed by atoms with Crippen LogP contribution < -0.4 is 5.32 Å². The van der Waals surface area contributed by atoms with Crippen molar-refractivity contribution in [2.24, 2.45) is 5.92 Å². The van der Waals surface area contributed by atoms with Gasteiger partial charge in [0.1, 0.15) is 0 Å².